The van der Waals surface area contributed by atoms with Crippen molar-refractivity contribution in [3.8, 4) is 0 Å². The van der Waals surface area contributed by atoms with Gasteiger partial charge in [-0.05, 0) is 30.3 Å². The molecule has 3 aromatic rings. The van der Waals surface area contributed by atoms with Crippen LogP contribution < -0.4 is 16.4 Å². The molecule has 0 unspecified atom stereocenters. The first-order valence-electron chi connectivity index (χ1n) is 8.81. The van der Waals surface area contributed by atoms with Crippen LogP contribution in [-0.2, 0) is 6.54 Å². The van der Waals surface area contributed by atoms with Crippen LogP contribution in [0.2, 0.25) is 0 Å². The maximum atomic E-state index is 12.0. The minimum Gasteiger partial charge on any atom is -0.379 e. The summed E-state index contributed by atoms with van der Waals surface area (Å²) in [5, 5.41) is 6.30. The van der Waals surface area contributed by atoms with Crippen LogP contribution in [-0.4, -0.2) is 45.8 Å². The van der Waals surface area contributed by atoms with Crippen LogP contribution in [0.4, 0.5) is 17.2 Å². The first kappa shape index (κ1) is 19.7. The highest BCUT2D eigenvalue weighted by Gasteiger charge is 2.12. The highest BCUT2D eigenvalue weighted by Crippen LogP contribution is 2.22. The lowest BCUT2D eigenvalue weighted by molar-refractivity contribution is 0.0827. The molecule has 0 saturated heterocycles. The van der Waals surface area contributed by atoms with Gasteiger partial charge in [-0.1, -0.05) is 0 Å². The van der Waals surface area contributed by atoms with Crippen molar-refractivity contribution in [1.82, 2.24) is 19.9 Å². The fourth-order valence-electron chi connectivity index (χ4n) is 2.58. The van der Waals surface area contributed by atoms with E-state index >= 15 is 0 Å². The Kier molecular flexibility index (Phi) is 5.98. The van der Waals surface area contributed by atoms with E-state index in [0.717, 1.165) is 11.4 Å². The molecule has 4 N–H and O–H groups in total. The highest BCUT2D eigenvalue weighted by molar-refractivity contribution is 5.98. The molecule has 0 aliphatic rings. The standard InChI is InChI=1S/C20H21N7O2/c1-27(2)20(29)13-3-5-14(6-4-13)26-18-9-17(16(11-24-18)19(21)28)23-10-15-7-8-22-12-25-15/h3-9,11-12H,10H2,1-2H3,(H2,21,28)(H2,23,24,26). The number of anilines is 3. The molecule has 2 aromatic heterocycles. The summed E-state index contributed by atoms with van der Waals surface area (Å²) in [6.07, 6.45) is 4.51. The number of benzene rings is 1. The minimum atomic E-state index is -0.583. The molecule has 3 rings (SSSR count). The van der Waals surface area contributed by atoms with E-state index in [-0.39, 0.29) is 11.5 Å². The number of carbonyl (C=O) groups is 2. The summed E-state index contributed by atoms with van der Waals surface area (Å²) in [6.45, 7) is 0.396. The number of hydrogen-bond acceptors (Lipinski definition) is 7. The third-order valence-electron chi connectivity index (χ3n) is 4.08. The van der Waals surface area contributed by atoms with Crippen molar-refractivity contribution in [2.24, 2.45) is 5.73 Å². The van der Waals surface area contributed by atoms with Crippen LogP contribution in [0.5, 0.6) is 0 Å². The van der Waals surface area contributed by atoms with Crippen molar-refractivity contribution >= 4 is 29.0 Å². The Labute approximate surface area is 168 Å². The normalized spacial score (nSPS) is 10.3. The van der Waals surface area contributed by atoms with Crippen LogP contribution in [0.25, 0.3) is 0 Å². The second-order valence-electron chi connectivity index (χ2n) is 6.44. The van der Waals surface area contributed by atoms with Crippen molar-refractivity contribution in [3.05, 3.63) is 71.9 Å². The zero-order chi connectivity index (χ0) is 20.8. The Morgan fingerprint density at radius 2 is 1.86 bits per heavy atom. The van der Waals surface area contributed by atoms with Gasteiger partial charge < -0.3 is 21.3 Å². The number of pyridine rings is 1. The van der Waals surface area contributed by atoms with Crippen LogP contribution in [0, 0.1) is 0 Å². The van der Waals surface area contributed by atoms with E-state index in [1.165, 1.54) is 17.4 Å². The van der Waals surface area contributed by atoms with Crippen LogP contribution in [0.1, 0.15) is 26.4 Å². The van der Waals surface area contributed by atoms with E-state index in [9.17, 15) is 9.59 Å². The molecule has 29 heavy (non-hydrogen) atoms. The van der Waals surface area contributed by atoms with E-state index in [0.29, 0.717) is 23.6 Å². The van der Waals surface area contributed by atoms with Crippen molar-refractivity contribution in [1.29, 1.82) is 0 Å². The van der Waals surface area contributed by atoms with Gasteiger partial charge in [0, 0.05) is 43.8 Å². The van der Waals surface area contributed by atoms with Gasteiger partial charge in [-0.15, -0.1) is 0 Å². The number of nitrogens with two attached hydrogens (primary N) is 1. The van der Waals surface area contributed by atoms with Crippen molar-refractivity contribution in [2.75, 3.05) is 24.7 Å². The van der Waals surface area contributed by atoms with Gasteiger partial charge in [-0.25, -0.2) is 15.0 Å². The number of aromatic nitrogens is 3. The molecule has 0 fully saturated rings. The SMILES string of the molecule is CN(C)C(=O)c1ccc(Nc2cc(NCc3ccncn3)c(C(N)=O)cn2)cc1. The monoisotopic (exact) mass is 391 g/mol. The molecule has 2 amide bonds. The van der Waals surface area contributed by atoms with Gasteiger partial charge in [0.1, 0.15) is 12.1 Å². The average molecular weight is 391 g/mol. The first-order valence-corrected chi connectivity index (χ1v) is 8.81. The smallest absolute Gasteiger partial charge is 0.253 e. The molecule has 9 nitrogen and oxygen atoms in total. The van der Waals surface area contributed by atoms with Gasteiger partial charge in [0.25, 0.3) is 11.8 Å². The van der Waals surface area contributed by atoms with Gasteiger partial charge in [0.05, 0.1) is 23.5 Å². The van der Waals surface area contributed by atoms with E-state index in [1.54, 1.807) is 56.7 Å². The summed E-state index contributed by atoms with van der Waals surface area (Å²) in [7, 11) is 3.41. The number of amides is 2. The van der Waals surface area contributed by atoms with E-state index < -0.39 is 5.91 Å². The molecule has 0 bridgehead atoms. The van der Waals surface area contributed by atoms with Crippen molar-refractivity contribution in [2.45, 2.75) is 6.54 Å². The van der Waals surface area contributed by atoms with E-state index in [1.807, 2.05) is 0 Å². The Morgan fingerprint density at radius 1 is 1.10 bits per heavy atom. The quantitative estimate of drug-likeness (QED) is 0.562. The summed E-state index contributed by atoms with van der Waals surface area (Å²) >= 11 is 0. The minimum absolute atomic E-state index is 0.0725. The van der Waals surface area contributed by atoms with Gasteiger partial charge in [0.15, 0.2) is 0 Å². The molecular weight excluding hydrogens is 370 g/mol. The maximum Gasteiger partial charge on any atom is 0.253 e. The Morgan fingerprint density at radius 3 is 2.48 bits per heavy atom. The average Bonchev–Trinajstić information content (AvgIpc) is 2.73. The number of hydrogen-bond donors (Lipinski definition) is 3. The number of nitrogens with one attached hydrogen (secondary N) is 2. The molecule has 0 aliphatic carbocycles. The number of carbonyl (C=O) groups excluding carboxylic acids is 2. The molecule has 148 valence electrons. The predicted molar refractivity (Wildman–Crippen MR) is 110 cm³/mol. The van der Waals surface area contributed by atoms with Crippen molar-refractivity contribution < 1.29 is 9.59 Å². The molecule has 1 aromatic carbocycles. The summed E-state index contributed by atoms with van der Waals surface area (Å²) in [5.74, 6) is -0.135. The largest absolute Gasteiger partial charge is 0.379 e. The van der Waals surface area contributed by atoms with Gasteiger partial charge in [-0.3, -0.25) is 9.59 Å². The molecule has 0 aliphatic heterocycles. The zero-order valence-corrected chi connectivity index (χ0v) is 16.1. The van der Waals surface area contributed by atoms with Crippen LogP contribution in [0.3, 0.4) is 0 Å². The molecule has 9 heteroatoms. The molecule has 0 saturated carbocycles. The predicted octanol–water partition coefficient (Wildman–Crippen LogP) is 2.03. The molecule has 0 radical (unpaired) electrons. The summed E-state index contributed by atoms with van der Waals surface area (Å²) < 4.78 is 0. The maximum absolute atomic E-state index is 12.0. The zero-order valence-electron chi connectivity index (χ0n) is 16.1. The molecule has 0 spiro atoms. The third-order valence-corrected chi connectivity index (χ3v) is 4.08. The lowest BCUT2D eigenvalue weighted by atomic mass is 10.2. The van der Waals surface area contributed by atoms with Crippen molar-refractivity contribution in [3.63, 3.8) is 0 Å². The van der Waals surface area contributed by atoms with Crippen LogP contribution >= 0.6 is 0 Å². The van der Waals surface area contributed by atoms with Gasteiger partial charge >= 0.3 is 0 Å². The first-order chi connectivity index (χ1) is 13.9. The molecular formula is C20H21N7O2. The fraction of sp³-hybridized carbons (Fsp3) is 0.150. The highest BCUT2D eigenvalue weighted by atomic mass is 16.2. The third kappa shape index (κ3) is 5.04. The molecule has 0 atom stereocenters. The second kappa shape index (κ2) is 8.79. The van der Waals surface area contributed by atoms with E-state index in [4.69, 9.17) is 5.73 Å². The molecule has 2 heterocycles. The topological polar surface area (TPSA) is 126 Å². The Bertz CT molecular complexity index is 1010. The van der Waals surface area contributed by atoms with Crippen LogP contribution in [0.15, 0.2) is 55.1 Å². The van der Waals surface area contributed by atoms with Gasteiger partial charge in [0.2, 0.25) is 0 Å². The number of primary amides is 1. The fourth-order valence-corrected chi connectivity index (χ4v) is 2.58. The lowest BCUT2D eigenvalue weighted by Gasteiger charge is -2.13. The van der Waals surface area contributed by atoms with Gasteiger partial charge in [-0.2, -0.15) is 0 Å². The second-order valence-corrected chi connectivity index (χ2v) is 6.44. The van der Waals surface area contributed by atoms with E-state index in [2.05, 4.69) is 25.6 Å². The lowest BCUT2D eigenvalue weighted by Crippen LogP contribution is -2.21. The summed E-state index contributed by atoms with van der Waals surface area (Å²) in [5.41, 5.74) is 8.37. The Hall–Kier alpha value is -4.01. The number of rotatable bonds is 7. The number of nitrogens with zero attached hydrogens (tertiary/aromatic N) is 4. The summed E-state index contributed by atoms with van der Waals surface area (Å²) in [4.78, 5) is 37.5. The summed E-state index contributed by atoms with van der Waals surface area (Å²) in [6, 6.07) is 10.5. The Balaban J connectivity index is 1.77.